The molecule has 1 aliphatic carbocycles. The van der Waals surface area contributed by atoms with Crippen LogP contribution in [0, 0.1) is 0 Å². The summed E-state index contributed by atoms with van der Waals surface area (Å²) in [5.74, 6) is 0. The van der Waals surface area contributed by atoms with Crippen LogP contribution in [-0.4, -0.2) is 29.1 Å². The second kappa shape index (κ2) is 7.57. The van der Waals surface area contributed by atoms with Gasteiger partial charge >= 0.3 is 6.09 Å². The number of amides is 1. The molecule has 0 unspecified atom stereocenters. The van der Waals surface area contributed by atoms with Crippen molar-refractivity contribution in [2.45, 2.75) is 26.2 Å². The lowest BCUT2D eigenvalue weighted by Crippen LogP contribution is -2.29. The molecule has 5 heteroatoms. The van der Waals surface area contributed by atoms with Gasteiger partial charge in [-0.1, -0.05) is 23.7 Å². The van der Waals surface area contributed by atoms with Crippen molar-refractivity contribution in [1.82, 2.24) is 9.88 Å². The first kappa shape index (κ1) is 17.8. The van der Waals surface area contributed by atoms with Crippen LogP contribution < -0.4 is 0 Å². The Kier molecular flexibility index (Phi) is 4.99. The van der Waals surface area contributed by atoms with Gasteiger partial charge in [-0.05, 0) is 72.7 Å². The zero-order chi connectivity index (χ0) is 18.8. The number of aryl methyl sites for hydroxylation is 2. The quantitative estimate of drug-likeness (QED) is 0.698. The Morgan fingerprint density at radius 3 is 2.85 bits per heavy atom. The molecule has 4 rings (SSSR count). The fourth-order valence-corrected chi connectivity index (χ4v) is 3.94. The van der Waals surface area contributed by atoms with Gasteiger partial charge in [0, 0.05) is 29.5 Å². The number of aromatic nitrogens is 1. The van der Waals surface area contributed by atoms with Crippen LogP contribution in [0.15, 0.2) is 54.4 Å². The van der Waals surface area contributed by atoms with Crippen molar-refractivity contribution in [1.29, 1.82) is 0 Å². The summed E-state index contributed by atoms with van der Waals surface area (Å²) < 4.78 is 5.10. The van der Waals surface area contributed by atoms with E-state index in [1.54, 1.807) is 4.90 Å². The van der Waals surface area contributed by atoms with Crippen molar-refractivity contribution in [3.05, 3.63) is 81.8 Å². The molecule has 0 atom stereocenters. The van der Waals surface area contributed by atoms with Gasteiger partial charge in [-0.25, -0.2) is 4.79 Å². The van der Waals surface area contributed by atoms with Gasteiger partial charge < -0.3 is 4.74 Å². The Labute approximate surface area is 164 Å². The summed E-state index contributed by atoms with van der Waals surface area (Å²) in [4.78, 5) is 18.3. The van der Waals surface area contributed by atoms with E-state index in [1.807, 2.05) is 37.5 Å². The number of halogens is 1. The zero-order valence-corrected chi connectivity index (χ0v) is 16.0. The third kappa shape index (κ3) is 3.50. The van der Waals surface area contributed by atoms with Crippen molar-refractivity contribution in [3.8, 4) is 0 Å². The maximum atomic E-state index is 12.0. The van der Waals surface area contributed by atoms with Crippen LogP contribution in [0.1, 0.15) is 35.7 Å². The third-order valence-electron chi connectivity index (χ3n) is 5.03. The Morgan fingerprint density at radius 1 is 1.22 bits per heavy atom. The summed E-state index contributed by atoms with van der Waals surface area (Å²) >= 11 is 6.25. The third-order valence-corrected chi connectivity index (χ3v) is 5.26. The second-order valence-electron chi connectivity index (χ2n) is 6.67. The number of rotatable bonds is 1. The van der Waals surface area contributed by atoms with E-state index in [1.165, 1.54) is 22.3 Å². The average Bonchev–Trinajstić information content (AvgIpc) is 2.85. The minimum Gasteiger partial charge on any atom is -0.449 e. The Morgan fingerprint density at radius 2 is 2.07 bits per heavy atom. The molecule has 0 bridgehead atoms. The number of pyridine rings is 1. The van der Waals surface area contributed by atoms with E-state index in [4.69, 9.17) is 21.3 Å². The maximum Gasteiger partial charge on any atom is 0.413 e. The van der Waals surface area contributed by atoms with E-state index in [-0.39, 0.29) is 6.09 Å². The molecule has 0 fully saturated rings. The molecule has 0 saturated heterocycles. The first-order valence-corrected chi connectivity index (χ1v) is 9.63. The van der Waals surface area contributed by atoms with E-state index in [2.05, 4.69) is 18.2 Å². The average molecular weight is 381 g/mol. The Bertz CT molecular complexity index is 949. The smallest absolute Gasteiger partial charge is 0.413 e. The number of fused-ring (bicyclic) bond motifs is 2. The number of hydrogen-bond acceptors (Lipinski definition) is 3. The molecule has 2 aliphatic rings. The predicted octanol–water partition coefficient (Wildman–Crippen LogP) is 5.01. The van der Waals surface area contributed by atoms with E-state index in [9.17, 15) is 4.79 Å². The van der Waals surface area contributed by atoms with Crippen LogP contribution in [-0.2, 0) is 17.6 Å². The fourth-order valence-electron chi connectivity index (χ4n) is 3.75. The van der Waals surface area contributed by atoms with Crippen molar-refractivity contribution >= 4 is 23.3 Å². The van der Waals surface area contributed by atoms with Crippen LogP contribution in [0.3, 0.4) is 0 Å². The molecule has 1 aromatic carbocycles. The van der Waals surface area contributed by atoms with Crippen molar-refractivity contribution < 1.29 is 9.53 Å². The largest absolute Gasteiger partial charge is 0.449 e. The van der Waals surface area contributed by atoms with Crippen LogP contribution >= 0.6 is 11.6 Å². The second-order valence-corrected chi connectivity index (χ2v) is 7.11. The van der Waals surface area contributed by atoms with Gasteiger partial charge in [-0.15, -0.1) is 0 Å². The fraction of sp³-hybridized carbons (Fsp3) is 0.273. The molecular formula is C22H21ClN2O2. The predicted molar refractivity (Wildman–Crippen MR) is 107 cm³/mol. The van der Waals surface area contributed by atoms with Crippen molar-refractivity contribution in [3.63, 3.8) is 0 Å². The molecule has 1 aliphatic heterocycles. The highest BCUT2D eigenvalue weighted by Crippen LogP contribution is 2.37. The van der Waals surface area contributed by atoms with E-state index in [0.29, 0.717) is 13.2 Å². The summed E-state index contributed by atoms with van der Waals surface area (Å²) in [6, 6.07) is 10.2. The highest BCUT2D eigenvalue weighted by molar-refractivity contribution is 6.30. The SMILES string of the molecule is CCOC(=O)N1C=C/C(=C2\c3ccc(Cl)cc3CCc3cccnc32)CC1. The van der Waals surface area contributed by atoms with Gasteiger partial charge in [-0.2, -0.15) is 0 Å². The summed E-state index contributed by atoms with van der Waals surface area (Å²) in [7, 11) is 0. The Balaban J connectivity index is 1.83. The lowest BCUT2D eigenvalue weighted by molar-refractivity contribution is 0.122. The highest BCUT2D eigenvalue weighted by Gasteiger charge is 2.24. The molecule has 2 aromatic rings. The van der Waals surface area contributed by atoms with Gasteiger partial charge in [-0.3, -0.25) is 9.88 Å². The number of nitrogens with zero attached hydrogens (tertiary/aromatic N) is 2. The summed E-state index contributed by atoms with van der Waals surface area (Å²) in [6.45, 7) is 2.79. The van der Waals surface area contributed by atoms with Gasteiger partial charge in [0.15, 0.2) is 0 Å². The van der Waals surface area contributed by atoms with Gasteiger partial charge in [0.25, 0.3) is 0 Å². The molecular weight excluding hydrogens is 360 g/mol. The van der Waals surface area contributed by atoms with Crippen molar-refractivity contribution in [2.24, 2.45) is 0 Å². The highest BCUT2D eigenvalue weighted by atomic mass is 35.5. The van der Waals surface area contributed by atoms with Gasteiger partial charge in [0.2, 0.25) is 0 Å². The maximum absolute atomic E-state index is 12.0. The van der Waals surface area contributed by atoms with E-state index in [0.717, 1.165) is 35.6 Å². The van der Waals surface area contributed by atoms with Crippen LogP contribution in [0.25, 0.3) is 5.57 Å². The molecule has 0 spiro atoms. The molecule has 1 aromatic heterocycles. The van der Waals surface area contributed by atoms with Crippen LogP contribution in [0.5, 0.6) is 0 Å². The molecule has 0 saturated carbocycles. The number of ether oxygens (including phenoxy) is 1. The summed E-state index contributed by atoms with van der Waals surface area (Å²) in [5, 5.41) is 0.754. The van der Waals surface area contributed by atoms with Gasteiger partial charge in [0.1, 0.15) is 0 Å². The lowest BCUT2D eigenvalue weighted by atomic mass is 9.90. The normalized spacial score (nSPS) is 18.5. The standard InChI is InChI=1S/C22H21ClN2O2/c1-2-27-22(26)25-12-9-15(10-13-25)20-19-8-7-18(23)14-17(19)6-5-16-4-3-11-24-21(16)20/h3-4,7-9,11-12,14H,2,5-6,10,13H2,1H3/b20-15-. The summed E-state index contributed by atoms with van der Waals surface area (Å²) in [5.41, 5.74) is 7.03. The molecule has 1 amide bonds. The topological polar surface area (TPSA) is 42.4 Å². The van der Waals surface area contributed by atoms with E-state index >= 15 is 0 Å². The monoisotopic (exact) mass is 380 g/mol. The molecule has 0 radical (unpaired) electrons. The van der Waals surface area contributed by atoms with Crippen LogP contribution in [0.2, 0.25) is 5.02 Å². The summed E-state index contributed by atoms with van der Waals surface area (Å²) in [6.07, 6.45) is 7.99. The number of benzene rings is 1. The lowest BCUT2D eigenvalue weighted by Gasteiger charge is -2.24. The van der Waals surface area contributed by atoms with Crippen LogP contribution in [0.4, 0.5) is 4.79 Å². The Hall–Kier alpha value is -2.59. The molecule has 4 nitrogen and oxygen atoms in total. The molecule has 138 valence electrons. The molecule has 0 N–H and O–H groups in total. The number of carbonyl (C=O) groups excluding carboxylic acids is 1. The number of hydrogen-bond donors (Lipinski definition) is 0. The van der Waals surface area contributed by atoms with E-state index < -0.39 is 0 Å². The first-order chi connectivity index (χ1) is 13.2. The minimum atomic E-state index is -0.302. The minimum absolute atomic E-state index is 0.302. The molecule has 2 heterocycles. The van der Waals surface area contributed by atoms with Crippen molar-refractivity contribution in [2.75, 3.05) is 13.2 Å². The van der Waals surface area contributed by atoms with Gasteiger partial charge in [0.05, 0.1) is 12.3 Å². The zero-order valence-electron chi connectivity index (χ0n) is 15.2. The molecule has 27 heavy (non-hydrogen) atoms. The number of carbonyl (C=O) groups is 1. The number of allylic oxidation sites excluding steroid dienone is 1. The first-order valence-electron chi connectivity index (χ1n) is 9.25.